The van der Waals surface area contributed by atoms with Gasteiger partial charge in [0.25, 0.3) is 0 Å². The van der Waals surface area contributed by atoms with Crippen LogP contribution in [0.3, 0.4) is 0 Å². The lowest BCUT2D eigenvalue weighted by Crippen LogP contribution is -2.23. The average Bonchev–Trinajstić information content (AvgIpc) is 2.86. The van der Waals surface area contributed by atoms with Crippen molar-refractivity contribution in [2.45, 2.75) is 6.36 Å². The van der Waals surface area contributed by atoms with Crippen molar-refractivity contribution in [2.75, 3.05) is 0 Å². The van der Waals surface area contributed by atoms with E-state index in [9.17, 15) is 13.2 Å². The maximum absolute atomic E-state index is 12.1. The predicted octanol–water partition coefficient (Wildman–Crippen LogP) is 3.01. The summed E-state index contributed by atoms with van der Waals surface area (Å²) in [6, 6.07) is 8.60. The quantitative estimate of drug-likeness (QED) is 0.512. The third-order valence-electron chi connectivity index (χ3n) is 2.37. The summed E-state index contributed by atoms with van der Waals surface area (Å²) in [5.74, 6) is 0.593. The maximum atomic E-state index is 12.1. The molecule has 0 saturated carbocycles. The van der Waals surface area contributed by atoms with Crippen LogP contribution in [0.5, 0.6) is 5.75 Å². The average molecular weight is 329 g/mol. The van der Waals surface area contributed by atoms with Crippen LogP contribution in [0.1, 0.15) is 5.76 Å². The first-order valence-electron chi connectivity index (χ1n) is 5.88. The molecule has 0 spiro atoms. The first kappa shape index (κ1) is 15.8. The number of halogens is 3. The van der Waals surface area contributed by atoms with Crippen LogP contribution in [0.2, 0.25) is 0 Å². The Morgan fingerprint density at radius 2 is 1.91 bits per heavy atom. The molecule has 0 radical (unpaired) electrons. The van der Waals surface area contributed by atoms with Gasteiger partial charge in [-0.3, -0.25) is 5.43 Å². The van der Waals surface area contributed by atoms with Gasteiger partial charge in [0.15, 0.2) is 5.11 Å². The molecule has 22 heavy (non-hydrogen) atoms. The highest BCUT2D eigenvalue weighted by atomic mass is 32.1. The number of hydrogen-bond donors (Lipinski definition) is 2. The number of hydrazone groups is 1. The van der Waals surface area contributed by atoms with Crippen LogP contribution in [-0.4, -0.2) is 17.7 Å². The molecule has 2 aromatic rings. The minimum atomic E-state index is -4.72. The summed E-state index contributed by atoms with van der Waals surface area (Å²) >= 11 is 4.57. The monoisotopic (exact) mass is 329 g/mol. The number of furan rings is 1. The predicted molar refractivity (Wildman–Crippen MR) is 78.3 cm³/mol. The van der Waals surface area contributed by atoms with Gasteiger partial charge in [-0.25, -0.2) is 0 Å². The van der Waals surface area contributed by atoms with E-state index in [-0.39, 0.29) is 10.9 Å². The van der Waals surface area contributed by atoms with Crippen LogP contribution < -0.4 is 15.9 Å². The van der Waals surface area contributed by atoms with Gasteiger partial charge in [0.2, 0.25) is 0 Å². The molecule has 0 amide bonds. The lowest BCUT2D eigenvalue weighted by Gasteiger charge is -2.08. The molecule has 0 fully saturated rings. The molecule has 3 N–H and O–H groups in total. The normalized spacial score (nSPS) is 11.6. The number of thiocarbonyl (C=S) groups is 1. The molecule has 0 saturated heterocycles. The van der Waals surface area contributed by atoms with Gasteiger partial charge in [0.05, 0.1) is 6.21 Å². The van der Waals surface area contributed by atoms with Crippen molar-refractivity contribution in [2.24, 2.45) is 10.8 Å². The van der Waals surface area contributed by atoms with E-state index in [4.69, 9.17) is 10.2 Å². The maximum Gasteiger partial charge on any atom is 0.573 e. The Morgan fingerprint density at radius 1 is 1.23 bits per heavy atom. The van der Waals surface area contributed by atoms with E-state index in [1.54, 1.807) is 12.1 Å². The summed E-state index contributed by atoms with van der Waals surface area (Å²) in [6.45, 7) is 0. The van der Waals surface area contributed by atoms with E-state index in [1.807, 2.05) is 0 Å². The van der Waals surface area contributed by atoms with Gasteiger partial charge in [0, 0.05) is 5.56 Å². The van der Waals surface area contributed by atoms with E-state index < -0.39 is 6.36 Å². The Hall–Kier alpha value is -2.55. The molecule has 0 atom stereocenters. The lowest BCUT2D eigenvalue weighted by atomic mass is 10.2. The highest BCUT2D eigenvalue weighted by Crippen LogP contribution is 2.27. The highest BCUT2D eigenvalue weighted by Gasteiger charge is 2.30. The van der Waals surface area contributed by atoms with Crippen molar-refractivity contribution in [3.8, 4) is 17.1 Å². The Bertz CT molecular complexity index is 681. The smallest absolute Gasteiger partial charge is 0.455 e. The number of nitrogens with two attached hydrogens (primary N) is 1. The Kier molecular flexibility index (Phi) is 4.66. The van der Waals surface area contributed by atoms with E-state index in [0.717, 1.165) is 0 Å². The van der Waals surface area contributed by atoms with Gasteiger partial charge >= 0.3 is 6.36 Å². The van der Waals surface area contributed by atoms with Crippen molar-refractivity contribution in [1.29, 1.82) is 0 Å². The van der Waals surface area contributed by atoms with Crippen LogP contribution in [0.25, 0.3) is 11.3 Å². The standard InChI is InChI=1S/C13H10F3N3O2S/c14-13(15,16)21-9-3-1-8(2-4-9)11-6-5-10(20-11)7-18-19-12(17)22/h1-7H,(H3,17,19,22). The van der Waals surface area contributed by atoms with Gasteiger partial charge in [0.1, 0.15) is 17.3 Å². The second-order valence-electron chi connectivity index (χ2n) is 4.01. The SMILES string of the molecule is NC(=S)NN=Cc1ccc(-c2ccc(OC(F)(F)F)cc2)o1. The van der Waals surface area contributed by atoms with E-state index in [0.29, 0.717) is 17.1 Å². The molecular weight excluding hydrogens is 319 g/mol. The number of nitrogens with zero attached hydrogens (tertiary/aromatic N) is 1. The Labute approximate surface area is 128 Å². The summed E-state index contributed by atoms with van der Waals surface area (Å²) in [4.78, 5) is 0. The number of nitrogens with one attached hydrogen (secondary N) is 1. The molecule has 116 valence electrons. The van der Waals surface area contributed by atoms with Crippen LogP contribution in [0, 0.1) is 0 Å². The molecule has 0 aliphatic rings. The molecule has 0 aliphatic carbocycles. The number of rotatable bonds is 4. The largest absolute Gasteiger partial charge is 0.573 e. The topological polar surface area (TPSA) is 72.8 Å². The van der Waals surface area contributed by atoms with Crippen LogP contribution >= 0.6 is 12.2 Å². The summed E-state index contributed by atoms with van der Waals surface area (Å²) in [5.41, 5.74) is 8.16. The summed E-state index contributed by atoms with van der Waals surface area (Å²) < 4.78 is 45.4. The molecule has 5 nitrogen and oxygen atoms in total. The van der Waals surface area contributed by atoms with Gasteiger partial charge < -0.3 is 14.9 Å². The molecule has 1 aromatic heterocycles. The summed E-state index contributed by atoms with van der Waals surface area (Å²) in [6.07, 6.45) is -3.35. The van der Waals surface area contributed by atoms with Crippen molar-refractivity contribution in [3.63, 3.8) is 0 Å². The molecule has 1 aromatic carbocycles. The highest BCUT2D eigenvalue weighted by molar-refractivity contribution is 7.80. The zero-order valence-electron chi connectivity index (χ0n) is 10.9. The van der Waals surface area contributed by atoms with E-state index >= 15 is 0 Å². The van der Waals surface area contributed by atoms with Gasteiger partial charge in [-0.1, -0.05) is 0 Å². The number of hydrogen-bond acceptors (Lipinski definition) is 4. The van der Waals surface area contributed by atoms with Gasteiger partial charge in [-0.15, -0.1) is 13.2 Å². The van der Waals surface area contributed by atoms with E-state index in [2.05, 4.69) is 27.5 Å². The first-order valence-corrected chi connectivity index (χ1v) is 6.29. The molecule has 0 aliphatic heterocycles. The molecule has 2 rings (SSSR count). The van der Waals surface area contributed by atoms with Crippen LogP contribution in [0.4, 0.5) is 13.2 Å². The second-order valence-corrected chi connectivity index (χ2v) is 4.45. The van der Waals surface area contributed by atoms with E-state index in [1.165, 1.54) is 30.5 Å². The van der Waals surface area contributed by atoms with Crippen molar-refractivity contribution >= 4 is 23.5 Å². The lowest BCUT2D eigenvalue weighted by molar-refractivity contribution is -0.274. The summed E-state index contributed by atoms with van der Waals surface area (Å²) in [7, 11) is 0. The Morgan fingerprint density at radius 3 is 2.50 bits per heavy atom. The fourth-order valence-electron chi connectivity index (χ4n) is 1.56. The van der Waals surface area contributed by atoms with Crippen LogP contribution in [-0.2, 0) is 0 Å². The van der Waals surface area contributed by atoms with Crippen molar-refractivity contribution < 1.29 is 22.3 Å². The summed E-state index contributed by atoms with van der Waals surface area (Å²) in [5, 5.41) is 3.74. The molecule has 0 unspecified atom stereocenters. The minimum absolute atomic E-state index is 0.0169. The van der Waals surface area contributed by atoms with Crippen LogP contribution in [0.15, 0.2) is 45.9 Å². The second kappa shape index (κ2) is 6.48. The minimum Gasteiger partial charge on any atom is -0.455 e. The molecule has 1 heterocycles. The fraction of sp³-hybridized carbons (Fsp3) is 0.0769. The Balaban J connectivity index is 2.07. The fourth-order valence-corrected chi connectivity index (χ4v) is 1.61. The van der Waals surface area contributed by atoms with Crippen molar-refractivity contribution in [1.82, 2.24) is 5.43 Å². The molecule has 9 heteroatoms. The zero-order chi connectivity index (χ0) is 16.2. The number of alkyl halides is 3. The third-order valence-corrected chi connectivity index (χ3v) is 2.46. The zero-order valence-corrected chi connectivity index (χ0v) is 11.7. The third kappa shape index (κ3) is 4.77. The van der Waals surface area contributed by atoms with Gasteiger partial charge in [-0.05, 0) is 48.6 Å². The molecular formula is C13H10F3N3O2S. The number of ether oxygens (including phenoxy) is 1. The first-order chi connectivity index (χ1) is 10.3. The molecule has 0 bridgehead atoms. The van der Waals surface area contributed by atoms with Gasteiger partial charge in [-0.2, -0.15) is 5.10 Å². The van der Waals surface area contributed by atoms with Crippen molar-refractivity contribution in [3.05, 3.63) is 42.2 Å². The number of benzene rings is 1.